The van der Waals surface area contributed by atoms with E-state index in [4.69, 9.17) is 4.52 Å². The zero-order valence-electron chi connectivity index (χ0n) is 7.09. The highest BCUT2D eigenvalue weighted by Gasteiger charge is 1.98. The molecule has 0 aliphatic rings. The summed E-state index contributed by atoms with van der Waals surface area (Å²) in [6, 6.07) is 1.91. The molecule has 1 rings (SSSR count). The number of hydrogen-bond acceptors (Lipinski definition) is 4. The highest BCUT2D eigenvalue weighted by molar-refractivity contribution is 5.02. The summed E-state index contributed by atoms with van der Waals surface area (Å²) in [5.74, 6) is 0.848. The lowest BCUT2D eigenvalue weighted by atomic mass is 10.4. The fourth-order valence-electron chi connectivity index (χ4n) is 0.740. The number of aryl methyl sites for hydroxylation is 1. The second-order valence-corrected chi connectivity index (χ2v) is 2.66. The number of hydrogen-bond donors (Lipinski definition) is 1. The average Bonchev–Trinajstić information content (AvgIpc) is 2.31. The van der Waals surface area contributed by atoms with Crippen molar-refractivity contribution in [3.8, 4) is 0 Å². The molecule has 0 aliphatic heterocycles. The van der Waals surface area contributed by atoms with Crippen molar-refractivity contribution < 1.29 is 4.52 Å². The van der Waals surface area contributed by atoms with Crippen molar-refractivity contribution in [3.05, 3.63) is 17.5 Å². The monoisotopic (exact) mass is 155 g/mol. The molecule has 4 nitrogen and oxygen atoms in total. The number of nitrogens with one attached hydrogen (secondary N) is 1. The Kier molecular flexibility index (Phi) is 2.62. The topological polar surface area (TPSA) is 41.3 Å². The lowest BCUT2D eigenvalue weighted by molar-refractivity contribution is 0.279. The molecule has 1 heterocycles. The van der Waals surface area contributed by atoms with Gasteiger partial charge in [0, 0.05) is 20.2 Å². The van der Waals surface area contributed by atoms with Crippen LogP contribution >= 0.6 is 0 Å². The fraction of sp³-hybridized carbons (Fsp3) is 0.571. The first kappa shape index (κ1) is 8.23. The third-order valence-electron chi connectivity index (χ3n) is 1.25. The average molecular weight is 155 g/mol. The van der Waals surface area contributed by atoms with Gasteiger partial charge in [-0.1, -0.05) is 5.16 Å². The second kappa shape index (κ2) is 3.50. The van der Waals surface area contributed by atoms with Crippen molar-refractivity contribution in [1.82, 2.24) is 15.6 Å². The van der Waals surface area contributed by atoms with Gasteiger partial charge in [-0.25, -0.2) is 5.43 Å². The van der Waals surface area contributed by atoms with E-state index in [1.165, 1.54) is 0 Å². The first-order chi connectivity index (χ1) is 5.18. The van der Waals surface area contributed by atoms with Crippen LogP contribution in [0.4, 0.5) is 0 Å². The van der Waals surface area contributed by atoms with Crippen LogP contribution in [0.5, 0.6) is 0 Å². The molecule has 1 N–H and O–H groups in total. The van der Waals surface area contributed by atoms with E-state index in [0.29, 0.717) is 6.54 Å². The largest absolute Gasteiger partial charge is 0.361 e. The van der Waals surface area contributed by atoms with Crippen molar-refractivity contribution >= 4 is 0 Å². The molecule has 0 saturated carbocycles. The van der Waals surface area contributed by atoms with E-state index < -0.39 is 0 Å². The van der Waals surface area contributed by atoms with E-state index in [0.717, 1.165) is 11.5 Å². The van der Waals surface area contributed by atoms with Crippen LogP contribution in [0.3, 0.4) is 0 Å². The van der Waals surface area contributed by atoms with Gasteiger partial charge in [-0.3, -0.25) is 5.01 Å². The van der Waals surface area contributed by atoms with Crippen molar-refractivity contribution in [1.29, 1.82) is 0 Å². The predicted molar refractivity (Wildman–Crippen MR) is 41.8 cm³/mol. The predicted octanol–water partition coefficient (Wildman–Crippen LogP) is 0.549. The smallest absolute Gasteiger partial charge is 0.133 e. The Labute approximate surface area is 66.1 Å². The van der Waals surface area contributed by atoms with Crippen molar-refractivity contribution in [2.45, 2.75) is 13.5 Å². The molecule has 0 fully saturated rings. The number of nitrogens with zero attached hydrogens (tertiary/aromatic N) is 2. The van der Waals surface area contributed by atoms with Crippen LogP contribution in [0.15, 0.2) is 10.6 Å². The molecule has 11 heavy (non-hydrogen) atoms. The molecule has 0 bridgehead atoms. The molecule has 0 aromatic carbocycles. The third kappa shape index (κ3) is 2.69. The molecule has 4 heteroatoms. The molecule has 0 spiro atoms. The second-order valence-electron chi connectivity index (χ2n) is 2.66. The Bertz CT molecular complexity index is 219. The van der Waals surface area contributed by atoms with E-state index in [2.05, 4.69) is 10.6 Å². The Morgan fingerprint density at radius 1 is 1.64 bits per heavy atom. The van der Waals surface area contributed by atoms with Crippen LogP contribution in [-0.2, 0) is 6.54 Å². The van der Waals surface area contributed by atoms with Gasteiger partial charge in [0.15, 0.2) is 0 Å². The van der Waals surface area contributed by atoms with Crippen molar-refractivity contribution in [3.63, 3.8) is 0 Å². The summed E-state index contributed by atoms with van der Waals surface area (Å²) >= 11 is 0. The summed E-state index contributed by atoms with van der Waals surface area (Å²) < 4.78 is 4.89. The van der Waals surface area contributed by atoms with Gasteiger partial charge in [-0.15, -0.1) is 0 Å². The maximum absolute atomic E-state index is 4.89. The summed E-state index contributed by atoms with van der Waals surface area (Å²) in [5.41, 5.74) is 4.01. The van der Waals surface area contributed by atoms with Crippen LogP contribution < -0.4 is 5.43 Å². The van der Waals surface area contributed by atoms with Crippen molar-refractivity contribution in [2.75, 3.05) is 14.1 Å². The van der Waals surface area contributed by atoms with Gasteiger partial charge >= 0.3 is 0 Å². The van der Waals surface area contributed by atoms with Crippen LogP contribution in [0.1, 0.15) is 11.5 Å². The number of rotatable bonds is 3. The van der Waals surface area contributed by atoms with Gasteiger partial charge in [-0.2, -0.15) is 0 Å². The van der Waals surface area contributed by atoms with Crippen LogP contribution in [0, 0.1) is 6.92 Å². The Morgan fingerprint density at radius 3 is 2.82 bits per heavy atom. The van der Waals surface area contributed by atoms with E-state index >= 15 is 0 Å². The highest BCUT2D eigenvalue weighted by Crippen LogP contribution is 2.00. The minimum Gasteiger partial charge on any atom is -0.361 e. The Hall–Kier alpha value is -0.870. The lowest BCUT2D eigenvalue weighted by Crippen LogP contribution is -2.29. The van der Waals surface area contributed by atoms with Gasteiger partial charge in [0.2, 0.25) is 0 Å². The zero-order valence-corrected chi connectivity index (χ0v) is 7.09. The number of hydrazine groups is 1. The summed E-state index contributed by atoms with van der Waals surface area (Å²) in [6.07, 6.45) is 0. The maximum Gasteiger partial charge on any atom is 0.133 e. The normalized spacial score (nSPS) is 10.9. The standard InChI is InChI=1S/C7H13N3O/c1-6-4-7(9-11-6)5-8-10(2)3/h4,8H,5H2,1-3H3. The zero-order chi connectivity index (χ0) is 8.27. The third-order valence-corrected chi connectivity index (χ3v) is 1.25. The minimum atomic E-state index is 0.713. The Balaban J connectivity index is 2.39. The van der Waals surface area contributed by atoms with Gasteiger partial charge in [0.25, 0.3) is 0 Å². The molecular formula is C7H13N3O. The summed E-state index contributed by atoms with van der Waals surface area (Å²) in [7, 11) is 3.87. The summed E-state index contributed by atoms with van der Waals surface area (Å²) in [6.45, 7) is 2.59. The highest BCUT2D eigenvalue weighted by atomic mass is 16.5. The van der Waals surface area contributed by atoms with Crippen LogP contribution in [-0.4, -0.2) is 24.3 Å². The van der Waals surface area contributed by atoms with Gasteiger partial charge in [-0.05, 0) is 6.92 Å². The molecule has 0 radical (unpaired) electrons. The van der Waals surface area contributed by atoms with E-state index in [9.17, 15) is 0 Å². The molecule has 0 unspecified atom stereocenters. The molecule has 0 amide bonds. The molecule has 0 aliphatic carbocycles. The number of aromatic nitrogens is 1. The van der Waals surface area contributed by atoms with Gasteiger partial charge < -0.3 is 4.52 Å². The van der Waals surface area contributed by atoms with Gasteiger partial charge in [0.05, 0.1) is 12.2 Å². The first-order valence-electron chi connectivity index (χ1n) is 3.51. The lowest BCUT2D eigenvalue weighted by Gasteiger charge is -2.08. The SMILES string of the molecule is Cc1cc(CNN(C)C)no1. The molecule has 62 valence electrons. The first-order valence-corrected chi connectivity index (χ1v) is 3.51. The van der Waals surface area contributed by atoms with Gasteiger partial charge in [0.1, 0.15) is 5.76 Å². The maximum atomic E-state index is 4.89. The minimum absolute atomic E-state index is 0.713. The van der Waals surface area contributed by atoms with Crippen LogP contribution in [0.25, 0.3) is 0 Å². The molecule has 0 atom stereocenters. The molecule has 0 saturated heterocycles. The molecule has 1 aromatic rings. The Morgan fingerprint density at radius 2 is 2.36 bits per heavy atom. The molecule has 1 aromatic heterocycles. The summed E-state index contributed by atoms with van der Waals surface area (Å²) in [5, 5.41) is 5.70. The van der Waals surface area contributed by atoms with E-state index in [-0.39, 0.29) is 0 Å². The van der Waals surface area contributed by atoms with E-state index in [1.807, 2.05) is 32.1 Å². The van der Waals surface area contributed by atoms with Crippen molar-refractivity contribution in [2.24, 2.45) is 0 Å². The van der Waals surface area contributed by atoms with Crippen LogP contribution in [0.2, 0.25) is 0 Å². The van der Waals surface area contributed by atoms with E-state index in [1.54, 1.807) is 0 Å². The fourth-order valence-corrected chi connectivity index (χ4v) is 0.740. The summed E-state index contributed by atoms with van der Waals surface area (Å²) in [4.78, 5) is 0. The quantitative estimate of drug-likeness (QED) is 0.647. The molecular weight excluding hydrogens is 142 g/mol.